The smallest absolute Gasteiger partial charge is 0.245 e. The Balaban J connectivity index is 1.59. The zero-order valence-electron chi connectivity index (χ0n) is 13.7. The third kappa shape index (κ3) is 3.20. The van der Waals surface area contributed by atoms with Gasteiger partial charge in [-0.05, 0) is 46.6 Å². The van der Waals surface area contributed by atoms with E-state index in [9.17, 15) is 8.42 Å². The average molecular weight is 434 g/mol. The fourth-order valence-electron chi connectivity index (χ4n) is 3.05. The molecule has 6 nitrogen and oxygen atoms in total. The van der Waals surface area contributed by atoms with Crippen LogP contribution in [0.25, 0.3) is 10.9 Å². The highest BCUT2D eigenvalue weighted by molar-refractivity contribution is 9.10. The molecule has 1 aliphatic rings. The number of nitrogens with zero attached hydrogens (tertiary/aromatic N) is 3. The van der Waals surface area contributed by atoms with E-state index >= 15 is 0 Å². The Morgan fingerprint density at radius 1 is 1.08 bits per heavy atom. The number of hydrogen-bond donors (Lipinski definition) is 0. The van der Waals surface area contributed by atoms with Gasteiger partial charge in [0.15, 0.2) is 0 Å². The molecule has 2 aromatic heterocycles. The minimum atomic E-state index is -3.64. The molecule has 134 valence electrons. The van der Waals surface area contributed by atoms with Gasteiger partial charge in [0.05, 0.1) is 16.5 Å². The molecule has 0 bridgehead atoms. The second-order valence-electron chi connectivity index (χ2n) is 6.01. The molecule has 26 heavy (non-hydrogen) atoms. The van der Waals surface area contributed by atoms with Crippen molar-refractivity contribution in [3.05, 3.63) is 59.3 Å². The third-order valence-corrected chi connectivity index (χ3v) is 6.82. The van der Waals surface area contributed by atoms with Gasteiger partial charge < -0.3 is 4.74 Å². The highest BCUT2D eigenvalue weighted by Crippen LogP contribution is 2.29. The second-order valence-corrected chi connectivity index (χ2v) is 8.77. The molecule has 4 rings (SSSR count). The van der Waals surface area contributed by atoms with E-state index in [1.807, 2.05) is 18.2 Å². The number of benzene rings is 1. The van der Waals surface area contributed by atoms with Crippen molar-refractivity contribution >= 4 is 36.9 Å². The van der Waals surface area contributed by atoms with Crippen molar-refractivity contribution in [1.29, 1.82) is 0 Å². The fraction of sp³-hybridized carbons (Fsp3) is 0.222. The summed E-state index contributed by atoms with van der Waals surface area (Å²) >= 11 is 3.39. The number of para-hydroxylation sites is 1. The maximum Gasteiger partial charge on any atom is 0.245 e. The van der Waals surface area contributed by atoms with Crippen LogP contribution in [0, 0.1) is 0 Å². The molecule has 1 unspecified atom stereocenters. The predicted octanol–water partition coefficient (Wildman–Crippen LogP) is 3.23. The minimum absolute atomic E-state index is 0.232. The van der Waals surface area contributed by atoms with Crippen LogP contribution >= 0.6 is 15.9 Å². The van der Waals surface area contributed by atoms with Crippen LogP contribution < -0.4 is 4.74 Å². The number of hydrogen-bond acceptors (Lipinski definition) is 5. The number of pyridine rings is 2. The predicted molar refractivity (Wildman–Crippen MR) is 101 cm³/mol. The summed E-state index contributed by atoms with van der Waals surface area (Å²) in [4.78, 5) is 8.68. The van der Waals surface area contributed by atoms with Gasteiger partial charge in [-0.15, -0.1) is 0 Å². The molecular formula is C18H16BrN3O3S. The number of aromatic nitrogens is 2. The molecule has 1 aromatic carbocycles. The van der Waals surface area contributed by atoms with Gasteiger partial charge in [0, 0.05) is 24.3 Å². The number of ether oxygens (including phenoxy) is 1. The van der Waals surface area contributed by atoms with Crippen molar-refractivity contribution in [3.8, 4) is 5.88 Å². The molecule has 1 aliphatic heterocycles. The molecule has 3 aromatic rings. The van der Waals surface area contributed by atoms with Gasteiger partial charge in [-0.1, -0.05) is 18.2 Å². The lowest BCUT2D eigenvalue weighted by atomic mass is 10.2. The summed E-state index contributed by atoms with van der Waals surface area (Å²) in [6.07, 6.45) is 3.63. The third-order valence-electron chi connectivity index (χ3n) is 4.32. The molecule has 1 saturated heterocycles. The summed E-state index contributed by atoms with van der Waals surface area (Å²) in [7, 11) is -3.64. The lowest BCUT2D eigenvalue weighted by Crippen LogP contribution is -2.31. The summed E-state index contributed by atoms with van der Waals surface area (Å²) in [6.45, 7) is 0.690. The Morgan fingerprint density at radius 2 is 1.85 bits per heavy atom. The molecular weight excluding hydrogens is 418 g/mol. The Bertz CT molecular complexity index is 1050. The number of fused-ring (bicyclic) bond motifs is 1. The lowest BCUT2D eigenvalue weighted by molar-refractivity contribution is 0.205. The molecule has 0 spiro atoms. The van der Waals surface area contributed by atoms with Crippen LogP contribution in [0.15, 0.2) is 64.2 Å². The normalized spacial score (nSPS) is 18.3. The van der Waals surface area contributed by atoms with Crippen molar-refractivity contribution in [3.63, 3.8) is 0 Å². The molecule has 3 heterocycles. The van der Waals surface area contributed by atoms with E-state index in [0.717, 1.165) is 9.86 Å². The van der Waals surface area contributed by atoms with Gasteiger partial charge >= 0.3 is 0 Å². The summed E-state index contributed by atoms with van der Waals surface area (Å²) in [5.41, 5.74) is 0.492. The minimum Gasteiger partial charge on any atom is -0.472 e. The number of rotatable bonds is 4. The van der Waals surface area contributed by atoms with Crippen LogP contribution in [0.2, 0.25) is 0 Å². The number of sulfonamides is 1. The first-order valence-electron chi connectivity index (χ1n) is 8.17. The van der Waals surface area contributed by atoms with Crippen molar-refractivity contribution in [2.24, 2.45) is 0 Å². The van der Waals surface area contributed by atoms with Crippen LogP contribution in [-0.2, 0) is 10.0 Å². The largest absolute Gasteiger partial charge is 0.472 e. The monoisotopic (exact) mass is 433 g/mol. The SMILES string of the molecule is O=S(=O)(c1cccc2cccnc12)N1CCC(Oc2ncccc2Br)C1. The van der Waals surface area contributed by atoms with Crippen LogP contribution in [0.3, 0.4) is 0 Å². The fourth-order valence-corrected chi connectivity index (χ4v) is 5.05. The van der Waals surface area contributed by atoms with E-state index in [1.54, 1.807) is 36.7 Å². The molecule has 8 heteroatoms. The Kier molecular flexibility index (Phi) is 4.64. The van der Waals surface area contributed by atoms with Gasteiger partial charge in [0.1, 0.15) is 11.0 Å². The van der Waals surface area contributed by atoms with E-state index in [2.05, 4.69) is 25.9 Å². The first-order chi connectivity index (χ1) is 12.6. The highest BCUT2D eigenvalue weighted by Gasteiger charge is 2.35. The summed E-state index contributed by atoms with van der Waals surface area (Å²) in [6, 6.07) is 12.5. The van der Waals surface area contributed by atoms with Gasteiger partial charge in [-0.2, -0.15) is 4.31 Å². The lowest BCUT2D eigenvalue weighted by Gasteiger charge is -2.18. The molecule has 0 radical (unpaired) electrons. The second kappa shape index (κ2) is 6.94. The van der Waals surface area contributed by atoms with Crippen molar-refractivity contribution in [2.45, 2.75) is 17.4 Å². The summed E-state index contributed by atoms with van der Waals surface area (Å²) < 4.78 is 34.3. The zero-order chi connectivity index (χ0) is 18.1. The molecule has 1 atom stereocenters. The van der Waals surface area contributed by atoms with Crippen LogP contribution in [-0.4, -0.2) is 41.9 Å². The molecule has 1 fully saturated rings. The van der Waals surface area contributed by atoms with Crippen molar-refractivity contribution in [2.75, 3.05) is 13.1 Å². The first-order valence-corrected chi connectivity index (χ1v) is 10.4. The standard InChI is InChI=1S/C18H16BrN3O3S/c19-15-6-3-10-21-18(15)25-14-8-11-22(12-14)26(23,24)16-7-1-4-13-5-2-9-20-17(13)16/h1-7,9-10,14H,8,11-12H2. The van der Waals surface area contributed by atoms with Gasteiger partial charge in [-0.3, -0.25) is 4.98 Å². The van der Waals surface area contributed by atoms with Crippen molar-refractivity contribution < 1.29 is 13.2 Å². The first kappa shape index (κ1) is 17.4. The van der Waals surface area contributed by atoms with E-state index in [0.29, 0.717) is 24.4 Å². The van der Waals surface area contributed by atoms with E-state index in [4.69, 9.17) is 4.74 Å². The highest BCUT2D eigenvalue weighted by atomic mass is 79.9. The van der Waals surface area contributed by atoms with E-state index in [1.165, 1.54) is 4.31 Å². The molecule has 0 N–H and O–H groups in total. The van der Waals surface area contributed by atoms with Crippen LogP contribution in [0.1, 0.15) is 6.42 Å². The molecule has 0 aliphatic carbocycles. The Hall–Kier alpha value is -2.03. The van der Waals surface area contributed by atoms with Gasteiger partial charge in [-0.25, -0.2) is 13.4 Å². The van der Waals surface area contributed by atoms with Crippen LogP contribution in [0.4, 0.5) is 0 Å². The topological polar surface area (TPSA) is 72.4 Å². The average Bonchev–Trinajstić information content (AvgIpc) is 3.12. The Morgan fingerprint density at radius 3 is 2.69 bits per heavy atom. The Labute approximate surface area is 160 Å². The maximum atomic E-state index is 13.1. The molecule has 0 saturated carbocycles. The quantitative estimate of drug-likeness (QED) is 0.631. The summed E-state index contributed by atoms with van der Waals surface area (Å²) in [5.74, 6) is 0.476. The van der Waals surface area contributed by atoms with Crippen LogP contribution in [0.5, 0.6) is 5.88 Å². The van der Waals surface area contributed by atoms with Gasteiger partial charge in [0.2, 0.25) is 15.9 Å². The number of halogens is 1. The van der Waals surface area contributed by atoms with E-state index < -0.39 is 10.0 Å². The van der Waals surface area contributed by atoms with Gasteiger partial charge in [0.25, 0.3) is 0 Å². The molecule has 0 amide bonds. The van der Waals surface area contributed by atoms with Crippen molar-refractivity contribution in [1.82, 2.24) is 14.3 Å². The summed E-state index contributed by atoms with van der Waals surface area (Å²) in [5, 5.41) is 0.804. The zero-order valence-corrected chi connectivity index (χ0v) is 16.1. The maximum absolute atomic E-state index is 13.1. The van der Waals surface area contributed by atoms with E-state index in [-0.39, 0.29) is 17.5 Å².